The van der Waals surface area contributed by atoms with Crippen LogP contribution in [-0.2, 0) is 0 Å². The molecule has 0 spiro atoms. The van der Waals surface area contributed by atoms with Gasteiger partial charge in [0.05, 0.1) is 11.7 Å². The van der Waals surface area contributed by atoms with Crippen molar-refractivity contribution in [2.75, 3.05) is 6.61 Å². The number of unbranched alkanes of at least 4 members (excludes halogenated alkanes) is 5. The Morgan fingerprint density at radius 3 is 2.35 bits per heavy atom. The molecule has 0 aliphatic heterocycles. The highest BCUT2D eigenvalue weighted by Gasteiger charge is 2.15. The maximum absolute atomic E-state index is 12.7. The minimum Gasteiger partial charge on any atom is -0.490 e. The maximum Gasteiger partial charge on any atom is 0.196 e. The van der Waals surface area contributed by atoms with E-state index in [0.717, 1.165) is 19.3 Å². The molecule has 1 N–H and O–H groups in total. The van der Waals surface area contributed by atoms with E-state index in [4.69, 9.17) is 4.74 Å². The van der Waals surface area contributed by atoms with Crippen LogP contribution in [0.1, 0.15) is 67.8 Å². The second kappa shape index (κ2) is 11.5. The van der Waals surface area contributed by atoms with E-state index in [1.54, 1.807) is 24.3 Å². The van der Waals surface area contributed by atoms with Crippen molar-refractivity contribution in [1.82, 2.24) is 0 Å². The molecule has 140 valence electrons. The molecule has 0 fully saturated rings. The Labute approximate surface area is 157 Å². The molecule has 0 heterocycles. The smallest absolute Gasteiger partial charge is 0.196 e. The molecule has 0 saturated carbocycles. The van der Waals surface area contributed by atoms with E-state index >= 15 is 0 Å². The molecule has 0 aliphatic carbocycles. The molecule has 3 heteroatoms. The van der Waals surface area contributed by atoms with Crippen molar-refractivity contribution < 1.29 is 14.6 Å². The number of hydrogen-bond donors (Lipinski definition) is 1. The Balaban J connectivity index is 1.83. The van der Waals surface area contributed by atoms with Crippen LogP contribution < -0.4 is 4.74 Å². The van der Waals surface area contributed by atoms with Crippen molar-refractivity contribution in [1.29, 1.82) is 0 Å². The van der Waals surface area contributed by atoms with Crippen molar-refractivity contribution in [3.63, 3.8) is 0 Å². The quantitative estimate of drug-likeness (QED) is 0.409. The van der Waals surface area contributed by atoms with Gasteiger partial charge in [-0.1, -0.05) is 87.9 Å². The van der Waals surface area contributed by atoms with Gasteiger partial charge in [0.25, 0.3) is 0 Å². The predicted octanol–water partition coefficient (Wildman–Crippen LogP) is 5.41. The molecule has 3 nitrogen and oxygen atoms in total. The summed E-state index contributed by atoms with van der Waals surface area (Å²) in [5.41, 5.74) is 1.17. The van der Waals surface area contributed by atoms with Crippen molar-refractivity contribution in [3.05, 3.63) is 65.7 Å². The first-order valence-electron chi connectivity index (χ1n) is 9.72. The van der Waals surface area contributed by atoms with Gasteiger partial charge in [0.15, 0.2) is 5.78 Å². The standard InChI is InChI=1S/C23H30O3/c1-2-3-4-5-6-10-15-20(24)18-26-22-17-12-11-16-21(22)23(25)19-13-8-7-9-14-19/h7-9,11-14,16-17,20,24H,2-6,10,15,18H2,1H3. The van der Waals surface area contributed by atoms with Gasteiger partial charge >= 0.3 is 0 Å². The maximum atomic E-state index is 12.7. The Morgan fingerprint density at radius 1 is 0.923 bits per heavy atom. The minimum atomic E-state index is -0.499. The second-order valence-electron chi connectivity index (χ2n) is 6.71. The third-order valence-electron chi connectivity index (χ3n) is 4.49. The topological polar surface area (TPSA) is 46.5 Å². The molecule has 0 radical (unpaired) electrons. The average Bonchev–Trinajstić information content (AvgIpc) is 2.69. The third-order valence-corrected chi connectivity index (χ3v) is 4.49. The summed E-state index contributed by atoms with van der Waals surface area (Å²) in [6, 6.07) is 16.4. The molecule has 0 aromatic heterocycles. The molecule has 26 heavy (non-hydrogen) atoms. The molecule has 0 amide bonds. The Bertz CT molecular complexity index is 652. The summed E-state index contributed by atoms with van der Waals surface area (Å²) >= 11 is 0. The molecule has 2 rings (SSSR count). The number of para-hydroxylation sites is 1. The van der Waals surface area contributed by atoms with E-state index in [1.807, 2.05) is 30.3 Å². The Kier molecular flexibility index (Phi) is 8.91. The number of benzene rings is 2. The van der Waals surface area contributed by atoms with Crippen molar-refractivity contribution in [2.24, 2.45) is 0 Å². The average molecular weight is 354 g/mol. The SMILES string of the molecule is CCCCCCCCC(O)COc1ccccc1C(=O)c1ccccc1. The largest absolute Gasteiger partial charge is 0.490 e. The first-order valence-corrected chi connectivity index (χ1v) is 9.72. The van der Waals surface area contributed by atoms with Gasteiger partial charge in [0.1, 0.15) is 12.4 Å². The number of hydrogen-bond acceptors (Lipinski definition) is 3. The highest BCUT2D eigenvalue weighted by molar-refractivity contribution is 6.10. The summed E-state index contributed by atoms with van der Waals surface area (Å²) in [6.45, 7) is 2.43. The fourth-order valence-corrected chi connectivity index (χ4v) is 2.95. The van der Waals surface area contributed by atoms with E-state index in [0.29, 0.717) is 16.9 Å². The van der Waals surface area contributed by atoms with E-state index < -0.39 is 6.10 Å². The fourth-order valence-electron chi connectivity index (χ4n) is 2.95. The lowest BCUT2D eigenvalue weighted by atomic mass is 10.0. The van der Waals surface area contributed by atoms with Crippen LogP contribution in [0, 0.1) is 0 Å². The van der Waals surface area contributed by atoms with Gasteiger partial charge < -0.3 is 9.84 Å². The highest BCUT2D eigenvalue weighted by Crippen LogP contribution is 2.22. The van der Waals surface area contributed by atoms with Crippen molar-refractivity contribution in [2.45, 2.75) is 58.0 Å². The summed E-state index contributed by atoms with van der Waals surface area (Å²) in [7, 11) is 0. The first kappa shape index (κ1) is 20.2. The lowest BCUT2D eigenvalue weighted by molar-refractivity contribution is 0.0940. The first-order chi connectivity index (χ1) is 12.7. The molecule has 2 aromatic rings. The summed E-state index contributed by atoms with van der Waals surface area (Å²) in [6.07, 6.45) is 7.45. The van der Waals surface area contributed by atoms with Crippen LogP contribution in [0.25, 0.3) is 0 Å². The van der Waals surface area contributed by atoms with Gasteiger partial charge in [-0.05, 0) is 18.6 Å². The van der Waals surface area contributed by atoms with Gasteiger partial charge in [-0.15, -0.1) is 0 Å². The van der Waals surface area contributed by atoms with Crippen LogP contribution in [0.4, 0.5) is 0 Å². The minimum absolute atomic E-state index is 0.0633. The molecular weight excluding hydrogens is 324 g/mol. The third kappa shape index (κ3) is 6.64. The van der Waals surface area contributed by atoms with Crippen LogP contribution >= 0.6 is 0 Å². The Morgan fingerprint density at radius 2 is 1.58 bits per heavy atom. The summed E-state index contributed by atoms with van der Waals surface area (Å²) < 4.78 is 5.77. The summed E-state index contributed by atoms with van der Waals surface area (Å²) in [5.74, 6) is 0.468. The molecule has 0 aliphatic rings. The van der Waals surface area contributed by atoms with E-state index in [2.05, 4.69) is 6.92 Å². The number of rotatable bonds is 12. The van der Waals surface area contributed by atoms with Gasteiger partial charge in [-0.3, -0.25) is 4.79 Å². The second-order valence-corrected chi connectivity index (χ2v) is 6.71. The number of carbonyl (C=O) groups excluding carboxylic acids is 1. The van der Waals surface area contributed by atoms with Crippen molar-refractivity contribution >= 4 is 5.78 Å². The highest BCUT2D eigenvalue weighted by atomic mass is 16.5. The zero-order valence-corrected chi connectivity index (χ0v) is 15.7. The van der Waals surface area contributed by atoms with Crippen LogP contribution in [-0.4, -0.2) is 23.6 Å². The lowest BCUT2D eigenvalue weighted by Crippen LogP contribution is -2.18. The zero-order valence-electron chi connectivity index (χ0n) is 15.7. The van der Waals surface area contributed by atoms with Gasteiger partial charge in [-0.2, -0.15) is 0 Å². The Hall–Kier alpha value is -2.13. The number of carbonyl (C=O) groups is 1. The van der Waals surface area contributed by atoms with E-state index in [-0.39, 0.29) is 12.4 Å². The number of aliphatic hydroxyl groups is 1. The van der Waals surface area contributed by atoms with Crippen LogP contribution in [0.2, 0.25) is 0 Å². The summed E-state index contributed by atoms with van der Waals surface area (Å²) in [5, 5.41) is 10.1. The number of ketones is 1. The lowest BCUT2D eigenvalue weighted by Gasteiger charge is -2.14. The van der Waals surface area contributed by atoms with E-state index in [9.17, 15) is 9.90 Å². The van der Waals surface area contributed by atoms with Gasteiger partial charge in [0, 0.05) is 5.56 Å². The predicted molar refractivity (Wildman–Crippen MR) is 106 cm³/mol. The zero-order chi connectivity index (χ0) is 18.6. The van der Waals surface area contributed by atoms with Crippen LogP contribution in [0.5, 0.6) is 5.75 Å². The number of ether oxygens (including phenoxy) is 1. The van der Waals surface area contributed by atoms with Crippen molar-refractivity contribution in [3.8, 4) is 5.75 Å². The van der Waals surface area contributed by atoms with Crippen LogP contribution in [0.15, 0.2) is 54.6 Å². The molecular formula is C23H30O3. The summed E-state index contributed by atoms with van der Waals surface area (Å²) in [4.78, 5) is 12.7. The monoisotopic (exact) mass is 354 g/mol. The van der Waals surface area contributed by atoms with Gasteiger partial charge in [0.2, 0.25) is 0 Å². The molecule has 0 bridgehead atoms. The molecule has 1 unspecified atom stereocenters. The van der Waals surface area contributed by atoms with Crippen LogP contribution in [0.3, 0.4) is 0 Å². The fraction of sp³-hybridized carbons (Fsp3) is 0.435. The number of aliphatic hydroxyl groups excluding tert-OH is 1. The molecule has 1 atom stereocenters. The molecule has 2 aromatic carbocycles. The van der Waals surface area contributed by atoms with Gasteiger partial charge in [-0.25, -0.2) is 0 Å². The molecule has 0 saturated heterocycles. The normalized spacial score (nSPS) is 11.9. The van der Waals surface area contributed by atoms with E-state index in [1.165, 1.54) is 25.7 Å².